The largest absolute Gasteiger partial charge is 0.361 e. The highest BCUT2D eigenvalue weighted by molar-refractivity contribution is 6.01. The second-order valence-electron chi connectivity index (χ2n) is 6.32. The number of carbonyl (C=O) groups excluding carboxylic acids is 1. The number of carbonyl (C=O) groups is 1. The summed E-state index contributed by atoms with van der Waals surface area (Å²) in [6.45, 7) is 7.71. The lowest BCUT2D eigenvalue weighted by Gasteiger charge is -2.38. The highest BCUT2D eigenvalue weighted by atomic mass is 19.1. The summed E-state index contributed by atoms with van der Waals surface area (Å²) in [6, 6.07) is 14.1. The van der Waals surface area contributed by atoms with Crippen LogP contribution in [0.2, 0.25) is 0 Å². The Morgan fingerprint density at radius 1 is 1.08 bits per heavy atom. The minimum Gasteiger partial charge on any atom is -0.361 e. The summed E-state index contributed by atoms with van der Waals surface area (Å²) in [5.74, 6) is -0.346. The van der Waals surface area contributed by atoms with Gasteiger partial charge in [-0.2, -0.15) is 0 Å². The zero-order valence-corrected chi connectivity index (χ0v) is 14.8. The standard InChI is InChI=1S/C20H24FN3O/c1-3-23(4-2)13-14-24-19(15-9-5-7-11-17(15)21)22-18-12-8-6-10-16(18)20(24)25/h5-12,19,22H,3-4,13-14H2,1-2H3/p+1/t19-/m1/s1. The van der Waals surface area contributed by atoms with Gasteiger partial charge in [-0.1, -0.05) is 30.3 Å². The highest BCUT2D eigenvalue weighted by Gasteiger charge is 2.34. The Balaban J connectivity index is 1.95. The molecule has 3 rings (SSSR count). The fraction of sp³-hybridized carbons (Fsp3) is 0.350. The quantitative estimate of drug-likeness (QED) is 0.845. The number of quaternary nitrogens is 1. The second kappa shape index (κ2) is 7.66. The predicted octanol–water partition coefficient (Wildman–Crippen LogP) is 2.32. The van der Waals surface area contributed by atoms with Gasteiger partial charge in [0.05, 0.1) is 31.7 Å². The van der Waals surface area contributed by atoms with Crippen LogP contribution in [-0.4, -0.2) is 37.0 Å². The van der Waals surface area contributed by atoms with E-state index in [1.807, 2.05) is 24.3 Å². The molecule has 0 aliphatic carbocycles. The van der Waals surface area contributed by atoms with Gasteiger partial charge in [0, 0.05) is 11.3 Å². The third kappa shape index (κ3) is 3.51. The number of amides is 1. The van der Waals surface area contributed by atoms with Gasteiger partial charge in [0.2, 0.25) is 0 Å². The molecule has 0 bridgehead atoms. The van der Waals surface area contributed by atoms with Crippen molar-refractivity contribution >= 4 is 11.6 Å². The molecule has 1 aliphatic heterocycles. The number of hydrogen-bond acceptors (Lipinski definition) is 2. The topological polar surface area (TPSA) is 36.8 Å². The van der Waals surface area contributed by atoms with Gasteiger partial charge in [-0.05, 0) is 32.0 Å². The van der Waals surface area contributed by atoms with E-state index >= 15 is 0 Å². The lowest BCUT2D eigenvalue weighted by molar-refractivity contribution is -0.895. The summed E-state index contributed by atoms with van der Waals surface area (Å²) in [5.41, 5.74) is 1.90. The number of para-hydroxylation sites is 1. The molecule has 2 aromatic carbocycles. The van der Waals surface area contributed by atoms with E-state index in [2.05, 4.69) is 19.2 Å². The summed E-state index contributed by atoms with van der Waals surface area (Å²) >= 11 is 0. The molecular weight excluding hydrogens is 317 g/mol. The Hall–Kier alpha value is -2.40. The molecule has 132 valence electrons. The van der Waals surface area contributed by atoms with Gasteiger partial charge in [0.25, 0.3) is 5.91 Å². The molecule has 1 amide bonds. The Labute approximate surface area is 148 Å². The number of halogens is 1. The van der Waals surface area contributed by atoms with Gasteiger partial charge in [0.15, 0.2) is 0 Å². The first-order valence-corrected chi connectivity index (χ1v) is 8.90. The maximum atomic E-state index is 14.4. The van der Waals surface area contributed by atoms with E-state index in [4.69, 9.17) is 0 Å². The molecular formula is C20H25FN3O+. The van der Waals surface area contributed by atoms with Crippen molar-refractivity contribution in [2.75, 3.05) is 31.5 Å². The Kier molecular flexibility index (Phi) is 5.34. The monoisotopic (exact) mass is 342 g/mol. The van der Waals surface area contributed by atoms with Gasteiger partial charge in [0.1, 0.15) is 12.0 Å². The van der Waals surface area contributed by atoms with Crippen molar-refractivity contribution in [3.8, 4) is 0 Å². The van der Waals surface area contributed by atoms with Gasteiger partial charge in [-0.25, -0.2) is 4.39 Å². The first-order valence-electron chi connectivity index (χ1n) is 8.90. The van der Waals surface area contributed by atoms with Crippen LogP contribution in [0.1, 0.15) is 35.9 Å². The normalized spacial score (nSPS) is 16.7. The number of nitrogens with zero attached hydrogens (tertiary/aromatic N) is 1. The summed E-state index contributed by atoms with van der Waals surface area (Å²) in [4.78, 5) is 16.2. The molecule has 1 aliphatic rings. The fourth-order valence-electron chi connectivity index (χ4n) is 3.35. The Morgan fingerprint density at radius 2 is 1.76 bits per heavy atom. The van der Waals surface area contributed by atoms with Crippen LogP contribution in [0.3, 0.4) is 0 Å². The molecule has 0 radical (unpaired) electrons. The van der Waals surface area contributed by atoms with E-state index in [9.17, 15) is 9.18 Å². The van der Waals surface area contributed by atoms with Gasteiger partial charge in [-0.15, -0.1) is 0 Å². The molecule has 0 unspecified atom stereocenters. The molecule has 2 aromatic rings. The molecule has 0 saturated carbocycles. The fourth-order valence-corrected chi connectivity index (χ4v) is 3.35. The molecule has 2 N–H and O–H groups in total. The zero-order valence-electron chi connectivity index (χ0n) is 14.8. The van der Waals surface area contributed by atoms with Crippen molar-refractivity contribution in [1.29, 1.82) is 0 Å². The van der Waals surface area contributed by atoms with E-state index in [1.54, 1.807) is 23.1 Å². The highest BCUT2D eigenvalue weighted by Crippen LogP contribution is 2.33. The number of hydrogen-bond donors (Lipinski definition) is 2. The zero-order chi connectivity index (χ0) is 17.8. The molecule has 1 atom stereocenters. The Morgan fingerprint density at radius 3 is 2.48 bits per heavy atom. The summed E-state index contributed by atoms with van der Waals surface area (Å²) in [5, 5.41) is 3.35. The smallest absolute Gasteiger partial charge is 0.258 e. The molecule has 0 fully saturated rings. The Bertz CT molecular complexity index is 745. The number of anilines is 1. The van der Waals surface area contributed by atoms with Crippen molar-refractivity contribution in [2.45, 2.75) is 20.0 Å². The molecule has 1 heterocycles. The van der Waals surface area contributed by atoms with Gasteiger partial charge < -0.3 is 15.1 Å². The van der Waals surface area contributed by atoms with Crippen LogP contribution >= 0.6 is 0 Å². The SMILES string of the molecule is CC[NH+](CC)CCN1C(=O)c2ccccc2N[C@H]1c1ccccc1F. The van der Waals surface area contributed by atoms with E-state index in [0.29, 0.717) is 17.7 Å². The minimum absolute atomic E-state index is 0.0471. The first-order chi connectivity index (χ1) is 12.2. The van der Waals surface area contributed by atoms with Gasteiger partial charge in [-0.3, -0.25) is 4.79 Å². The molecule has 5 heteroatoms. The van der Waals surface area contributed by atoms with E-state index in [-0.39, 0.29) is 11.7 Å². The molecule has 0 saturated heterocycles. The van der Waals surface area contributed by atoms with Crippen molar-refractivity contribution in [1.82, 2.24) is 4.90 Å². The van der Waals surface area contributed by atoms with Crippen LogP contribution in [0, 0.1) is 5.82 Å². The third-order valence-electron chi connectivity index (χ3n) is 4.93. The van der Waals surface area contributed by atoms with E-state index in [1.165, 1.54) is 11.0 Å². The molecule has 0 spiro atoms. The number of nitrogens with one attached hydrogen (secondary N) is 2. The molecule has 4 nitrogen and oxygen atoms in total. The maximum Gasteiger partial charge on any atom is 0.258 e. The summed E-state index contributed by atoms with van der Waals surface area (Å²) in [6.07, 6.45) is -0.487. The molecule has 25 heavy (non-hydrogen) atoms. The second-order valence-corrected chi connectivity index (χ2v) is 6.32. The van der Waals surface area contributed by atoms with Crippen LogP contribution < -0.4 is 10.2 Å². The lowest BCUT2D eigenvalue weighted by Crippen LogP contribution is -3.12. The van der Waals surface area contributed by atoms with Crippen LogP contribution in [0.25, 0.3) is 0 Å². The van der Waals surface area contributed by atoms with Crippen LogP contribution in [0.5, 0.6) is 0 Å². The van der Waals surface area contributed by atoms with Crippen LogP contribution in [0.15, 0.2) is 48.5 Å². The lowest BCUT2D eigenvalue weighted by atomic mass is 10.0. The third-order valence-corrected chi connectivity index (χ3v) is 4.93. The predicted molar refractivity (Wildman–Crippen MR) is 97.2 cm³/mol. The summed E-state index contributed by atoms with van der Waals surface area (Å²) < 4.78 is 14.4. The van der Waals surface area contributed by atoms with Crippen molar-refractivity contribution in [3.63, 3.8) is 0 Å². The maximum absolute atomic E-state index is 14.4. The first kappa shape index (κ1) is 17.4. The van der Waals surface area contributed by atoms with Crippen LogP contribution in [-0.2, 0) is 0 Å². The summed E-state index contributed by atoms with van der Waals surface area (Å²) in [7, 11) is 0. The van der Waals surface area contributed by atoms with Crippen molar-refractivity contribution < 1.29 is 14.1 Å². The van der Waals surface area contributed by atoms with Crippen molar-refractivity contribution in [2.24, 2.45) is 0 Å². The average Bonchev–Trinajstić information content (AvgIpc) is 2.64. The van der Waals surface area contributed by atoms with E-state index < -0.39 is 6.17 Å². The minimum atomic E-state index is -0.487. The average molecular weight is 342 g/mol. The number of fused-ring (bicyclic) bond motifs is 1. The number of benzene rings is 2. The number of likely N-dealkylation sites (N-methyl/N-ethyl adjacent to an activating group) is 1. The molecule has 0 aromatic heterocycles. The number of rotatable bonds is 6. The van der Waals surface area contributed by atoms with Crippen LogP contribution in [0.4, 0.5) is 10.1 Å². The van der Waals surface area contributed by atoms with Gasteiger partial charge >= 0.3 is 0 Å². The van der Waals surface area contributed by atoms with E-state index in [0.717, 1.165) is 25.3 Å². The van der Waals surface area contributed by atoms with Crippen molar-refractivity contribution in [3.05, 3.63) is 65.5 Å².